The molecule has 0 aliphatic heterocycles. The average Bonchev–Trinajstić information content (AvgIpc) is 2.95. The number of unbranched alkanes of at least 4 members (excludes halogenated alkanes) is 16. The number of quaternary nitrogens is 1. The molecule has 0 aromatic heterocycles. The first-order valence-electron chi connectivity index (χ1n) is 16.1. The zero-order valence-corrected chi connectivity index (χ0v) is 27.0. The molecule has 0 spiro atoms. The summed E-state index contributed by atoms with van der Waals surface area (Å²) < 4.78 is 31.9. The first-order chi connectivity index (χ1) is 20.1. The van der Waals surface area contributed by atoms with Gasteiger partial charge in [-0.1, -0.05) is 117 Å². The van der Waals surface area contributed by atoms with E-state index in [4.69, 9.17) is 14.0 Å². The highest BCUT2D eigenvalue weighted by molar-refractivity contribution is 7.45. The van der Waals surface area contributed by atoms with Gasteiger partial charge in [0.25, 0.3) is 7.82 Å². The molecule has 11 nitrogen and oxygen atoms in total. The second-order valence-electron chi connectivity index (χ2n) is 11.0. The lowest BCUT2D eigenvalue weighted by molar-refractivity contribution is -0.441. The molecular formula is C30H57NO10P-. The number of carboxylic acids is 1. The first-order valence-corrected chi connectivity index (χ1v) is 17.6. The summed E-state index contributed by atoms with van der Waals surface area (Å²) in [5.41, 5.74) is 3.21. The highest BCUT2D eigenvalue weighted by Crippen LogP contribution is 2.38. The second kappa shape index (κ2) is 27.1. The zero-order valence-electron chi connectivity index (χ0n) is 26.2. The number of ether oxygens (including phenoxy) is 2. The van der Waals surface area contributed by atoms with Gasteiger partial charge in [-0.15, -0.1) is 0 Å². The third kappa shape index (κ3) is 26.1. The predicted octanol–water partition coefficient (Wildman–Crippen LogP) is 4.15. The molecule has 0 aromatic rings. The molecule has 0 fully saturated rings. The van der Waals surface area contributed by atoms with Crippen molar-refractivity contribution in [1.82, 2.24) is 0 Å². The summed E-state index contributed by atoms with van der Waals surface area (Å²) >= 11 is 0. The Morgan fingerprint density at radius 1 is 0.643 bits per heavy atom. The number of hydrogen-bond acceptors (Lipinski definition) is 10. The van der Waals surface area contributed by atoms with E-state index >= 15 is 0 Å². The minimum Gasteiger partial charge on any atom is -0.756 e. The standard InChI is InChI=1S/C30H58NO10P/c1-3-5-7-9-11-13-15-17-19-21-28(32)38-23-26(24-39-42(36,37)40-25-27(31)30(34)35)41-29(33)22-20-18-16-14-12-10-8-6-4-2/h26-27H,3-25,31H2,1-2H3,(H,34,35)(H,36,37)/p-1/t26-,27+/m1/s1. The van der Waals surface area contributed by atoms with Crippen LogP contribution in [0.15, 0.2) is 0 Å². The van der Waals surface area contributed by atoms with Crippen LogP contribution >= 0.6 is 7.82 Å². The van der Waals surface area contributed by atoms with Crippen molar-refractivity contribution in [3.63, 3.8) is 0 Å². The van der Waals surface area contributed by atoms with Crippen LogP contribution in [0.5, 0.6) is 0 Å². The van der Waals surface area contributed by atoms with Crippen molar-refractivity contribution in [3.05, 3.63) is 0 Å². The Kier molecular flexibility index (Phi) is 26.1. The summed E-state index contributed by atoms with van der Waals surface area (Å²) in [5, 5.41) is 10.7. The quantitative estimate of drug-likeness (QED) is 0.0695. The maximum atomic E-state index is 12.4. The molecule has 0 rings (SSSR count). The fourth-order valence-corrected chi connectivity index (χ4v) is 5.03. The van der Waals surface area contributed by atoms with Crippen molar-refractivity contribution < 1.29 is 53.2 Å². The SMILES string of the molecule is CCCCCCCCCCCC(=O)OC[C@H](COP(=O)([O-])OC[C@H]([NH3+])C(=O)[O-])OC(=O)CCCCCCCCCCC. The Balaban J connectivity index is 4.54. The molecule has 0 heterocycles. The van der Waals surface area contributed by atoms with Crippen molar-refractivity contribution in [2.75, 3.05) is 19.8 Å². The number of phosphoric acid groups is 1. The number of rotatable bonds is 30. The Morgan fingerprint density at radius 2 is 1.05 bits per heavy atom. The van der Waals surface area contributed by atoms with Crippen LogP contribution in [0, 0.1) is 0 Å². The van der Waals surface area contributed by atoms with E-state index in [0.29, 0.717) is 12.8 Å². The van der Waals surface area contributed by atoms with Crippen molar-refractivity contribution in [2.45, 2.75) is 154 Å². The molecule has 1 unspecified atom stereocenters. The summed E-state index contributed by atoms with van der Waals surface area (Å²) in [6.45, 7) is 2.61. The lowest BCUT2D eigenvalue weighted by Gasteiger charge is -2.26. The minimum absolute atomic E-state index is 0.152. The largest absolute Gasteiger partial charge is 0.756 e. The van der Waals surface area contributed by atoms with Gasteiger partial charge >= 0.3 is 11.9 Å². The zero-order chi connectivity index (χ0) is 31.5. The molecule has 3 N–H and O–H groups in total. The predicted molar refractivity (Wildman–Crippen MR) is 156 cm³/mol. The topological polar surface area (TPSA) is 179 Å². The van der Waals surface area contributed by atoms with Crippen LogP contribution in [0.2, 0.25) is 0 Å². The summed E-state index contributed by atoms with van der Waals surface area (Å²) in [6.07, 6.45) is 19.0. The number of aliphatic carboxylic acids is 1. The molecule has 3 atom stereocenters. The summed E-state index contributed by atoms with van der Waals surface area (Å²) in [6, 6.07) is -1.41. The van der Waals surface area contributed by atoms with Crippen molar-refractivity contribution >= 4 is 25.7 Å². The molecule has 12 heteroatoms. The van der Waals surface area contributed by atoms with Gasteiger partial charge in [-0.3, -0.25) is 14.2 Å². The average molecular weight is 623 g/mol. The Hall–Kier alpha value is -1.52. The number of carboxylic acid groups (broad SMARTS) is 1. The molecule has 0 aliphatic rings. The number of phosphoric ester groups is 1. The van der Waals surface area contributed by atoms with E-state index in [9.17, 15) is 28.9 Å². The van der Waals surface area contributed by atoms with Crippen LogP contribution in [0.1, 0.15) is 142 Å². The van der Waals surface area contributed by atoms with Gasteiger partial charge in [-0.05, 0) is 12.8 Å². The van der Waals surface area contributed by atoms with Gasteiger partial charge < -0.3 is 39.0 Å². The molecular weight excluding hydrogens is 565 g/mol. The summed E-state index contributed by atoms with van der Waals surface area (Å²) in [5.74, 6) is -2.58. The molecule has 42 heavy (non-hydrogen) atoms. The Bertz CT molecular complexity index is 752. The summed E-state index contributed by atoms with van der Waals surface area (Å²) in [7, 11) is -4.93. The smallest absolute Gasteiger partial charge is 0.306 e. The van der Waals surface area contributed by atoms with Crippen molar-refractivity contribution in [1.29, 1.82) is 0 Å². The Morgan fingerprint density at radius 3 is 1.50 bits per heavy atom. The van der Waals surface area contributed by atoms with Crippen molar-refractivity contribution in [2.24, 2.45) is 0 Å². The van der Waals surface area contributed by atoms with Gasteiger partial charge in [-0.2, -0.15) is 0 Å². The van der Waals surface area contributed by atoms with Crippen LogP contribution < -0.4 is 15.7 Å². The van der Waals surface area contributed by atoms with E-state index < -0.39 is 51.1 Å². The molecule has 0 saturated heterocycles. The summed E-state index contributed by atoms with van der Waals surface area (Å²) in [4.78, 5) is 47.4. The van der Waals surface area contributed by atoms with Crippen LogP contribution in [0.25, 0.3) is 0 Å². The van der Waals surface area contributed by atoms with Crippen LogP contribution in [0.3, 0.4) is 0 Å². The van der Waals surface area contributed by atoms with Gasteiger partial charge in [0, 0.05) is 12.8 Å². The molecule has 0 saturated carbocycles. The highest BCUT2D eigenvalue weighted by Gasteiger charge is 2.22. The normalized spacial score (nSPS) is 14.2. The van der Waals surface area contributed by atoms with E-state index in [1.165, 1.54) is 64.2 Å². The van der Waals surface area contributed by atoms with E-state index in [1.807, 2.05) is 0 Å². The third-order valence-electron chi connectivity index (χ3n) is 6.88. The van der Waals surface area contributed by atoms with E-state index in [0.717, 1.165) is 38.5 Å². The molecule has 0 amide bonds. The monoisotopic (exact) mass is 622 g/mol. The third-order valence-corrected chi connectivity index (χ3v) is 7.81. The van der Waals surface area contributed by atoms with Gasteiger partial charge in [0.2, 0.25) is 0 Å². The fourth-order valence-electron chi connectivity index (χ4n) is 4.24. The van der Waals surface area contributed by atoms with Crippen LogP contribution in [-0.2, 0) is 37.5 Å². The maximum absolute atomic E-state index is 12.4. The maximum Gasteiger partial charge on any atom is 0.306 e. The molecule has 0 radical (unpaired) electrons. The molecule has 0 aliphatic carbocycles. The fraction of sp³-hybridized carbons (Fsp3) is 0.900. The molecule has 0 aromatic carbocycles. The van der Waals surface area contributed by atoms with Gasteiger partial charge in [0.15, 0.2) is 6.10 Å². The van der Waals surface area contributed by atoms with Gasteiger partial charge in [-0.25, -0.2) is 0 Å². The number of hydrogen-bond donors (Lipinski definition) is 1. The number of carbonyl (C=O) groups excluding carboxylic acids is 3. The lowest BCUT2D eigenvalue weighted by atomic mass is 10.1. The first kappa shape index (κ1) is 40.5. The number of esters is 2. The molecule has 0 bridgehead atoms. The second-order valence-corrected chi connectivity index (χ2v) is 12.4. The van der Waals surface area contributed by atoms with Crippen LogP contribution in [0.4, 0.5) is 0 Å². The lowest BCUT2D eigenvalue weighted by Crippen LogP contribution is -2.70. The number of carbonyl (C=O) groups is 3. The van der Waals surface area contributed by atoms with E-state index in [2.05, 4.69) is 24.1 Å². The molecule has 248 valence electrons. The minimum atomic E-state index is -4.93. The van der Waals surface area contributed by atoms with Crippen LogP contribution in [-0.4, -0.2) is 49.9 Å². The van der Waals surface area contributed by atoms with E-state index in [-0.39, 0.29) is 19.4 Å². The van der Waals surface area contributed by atoms with E-state index in [1.54, 1.807) is 0 Å². The van der Waals surface area contributed by atoms with Gasteiger partial charge in [0.1, 0.15) is 25.2 Å². The van der Waals surface area contributed by atoms with Gasteiger partial charge in [0.05, 0.1) is 6.61 Å². The highest BCUT2D eigenvalue weighted by atomic mass is 31.2. The Labute approximate surface area is 253 Å². The van der Waals surface area contributed by atoms with Crippen molar-refractivity contribution in [3.8, 4) is 0 Å².